The molecule has 0 bridgehead atoms. The normalized spacial score (nSPS) is 10.4. The summed E-state index contributed by atoms with van der Waals surface area (Å²) in [5.41, 5.74) is 0.288. The van der Waals surface area contributed by atoms with Crippen LogP contribution < -0.4 is 4.74 Å². The van der Waals surface area contributed by atoms with E-state index in [0.29, 0.717) is 5.56 Å². The molecule has 7 nitrogen and oxygen atoms in total. The SMILES string of the molecule is CCOC(=O)c1nnc(-c2ccc(F)cc2)nc1Oc1cccc(O)c1. The van der Waals surface area contributed by atoms with Gasteiger partial charge in [-0.15, -0.1) is 10.2 Å². The molecular weight excluding hydrogens is 341 g/mol. The van der Waals surface area contributed by atoms with Crippen molar-refractivity contribution >= 4 is 5.97 Å². The average Bonchev–Trinajstić information content (AvgIpc) is 2.62. The summed E-state index contributed by atoms with van der Waals surface area (Å²) in [6.45, 7) is 1.80. The van der Waals surface area contributed by atoms with Crippen LogP contribution in [0, 0.1) is 5.82 Å². The minimum absolute atomic E-state index is 0.0130. The van der Waals surface area contributed by atoms with Crippen molar-refractivity contribution in [3.63, 3.8) is 0 Å². The zero-order chi connectivity index (χ0) is 18.5. The van der Waals surface area contributed by atoms with E-state index in [0.717, 1.165) is 0 Å². The molecule has 1 N–H and O–H groups in total. The van der Waals surface area contributed by atoms with E-state index < -0.39 is 11.8 Å². The monoisotopic (exact) mass is 355 g/mol. The smallest absolute Gasteiger partial charge is 0.364 e. The number of nitrogens with zero attached hydrogens (tertiary/aromatic N) is 3. The first kappa shape index (κ1) is 17.3. The molecule has 2 aromatic carbocycles. The lowest BCUT2D eigenvalue weighted by molar-refractivity contribution is 0.0514. The van der Waals surface area contributed by atoms with Crippen LogP contribution in [-0.2, 0) is 4.74 Å². The molecule has 3 aromatic rings. The lowest BCUT2D eigenvalue weighted by atomic mass is 10.2. The van der Waals surface area contributed by atoms with E-state index >= 15 is 0 Å². The minimum atomic E-state index is -0.742. The van der Waals surface area contributed by atoms with Crippen molar-refractivity contribution in [2.45, 2.75) is 6.92 Å². The van der Waals surface area contributed by atoms with Crippen LogP contribution in [0.15, 0.2) is 48.5 Å². The Bertz CT molecular complexity index is 932. The number of carbonyl (C=O) groups is 1. The molecule has 0 unspecified atom stereocenters. The molecule has 0 saturated heterocycles. The van der Waals surface area contributed by atoms with E-state index in [-0.39, 0.29) is 35.5 Å². The Labute approximate surface area is 148 Å². The van der Waals surface area contributed by atoms with E-state index in [1.165, 1.54) is 36.4 Å². The maximum Gasteiger partial charge on any atom is 0.364 e. The number of phenols is 1. The molecule has 132 valence electrons. The van der Waals surface area contributed by atoms with Crippen LogP contribution >= 0.6 is 0 Å². The Balaban J connectivity index is 2.02. The number of aromatic nitrogens is 3. The van der Waals surface area contributed by atoms with E-state index in [2.05, 4.69) is 15.2 Å². The number of rotatable bonds is 5. The highest BCUT2D eigenvalue weighted by molar-refractivity contribution is 5.89. The summed E-state index contributed by atoms with van der Waals surface area (Å²) in [7, 11) is 0. The maximum atomic E-state index is 13.1. The largest absolute Gasteiger partial charge is 0.508 e. The van der Waals surface area contributed by atoms with Crippen LogP contribution in [0.25, 0.3) is 11.4 Å². The van der Waals surface area contributed by atoms with Crippen molar-refractivity contribution in [3.8, 4) is 28.8 Å². The van der Waals surface area contributed by atoms with E-state index in [9.17, 15) is 14.3 Å². The summed E-state index contributed by atoms with van der Waals surface area (Å²) in [5.74, 6) is -0.895. The molecule has 0 aliphatic heterocycles. The van der Waals surface area contributed by atoms with Crippen LogP contribution in [0.3, 0.4) is 0 Å². The number of phenolic OH excluding ortho intramolecular Hbond substituents is 1. The van der Waals surface area contributed by atoms with Gasteiger partial charge >= 0.3 is 5.97 Å². The number of carbonyl (C=O) groups excluding carboxylic acids is 1. The fourth-order valence-corrected chi connectivity index (χ4v) is 2.09. The molecule has 0 radical (unpaired) electrons. The maximum absolute atomic E-state index is 13.1. The summed E-state index contributed by atoms with van der Waals surface area (Å²) in [6, 6.07) is 11.5. The summed E-state index contributed by atoms with van der Waals surface area (Å²) in [6.07, 6.45) is 0. The topological polar surface area (TPSA) is 94.4 Å². The predicted molar refractivity (Wildman–Crippen MR) is 89.4 cm³/mol. The van der Waals surface area contributed by atoms with Crippen LogP contribution in [0.1, 0.15) is 17.4 Å². The summed E-state index contributed by atoms with van der Waals surface area (Å²) >= 11 is 0. The van der Waals surface area contributed by atoms with Gasteiger partial charge in [-0.2, -0.15) is 4.98 Å². The van der Waals surface area contributed by atoms with Gasteiger partial charge in [-0.25, -0.2) is 9.18 Å². The number of esters is 1. The zero-order valence-corrected chi connectivity index (χ0v) is 13.7. The van der Waals surface area contributed by atoms with Crippen LogP contribution in [0.4, 0.5) is 4.39 Å². The Morgan fingerprint density at radius 3 is 2.62 bits per heavy atom. The summed E-state index contributed by atoms with van der Waals surface area (Å²) < 4.78 is 23.6. The minimum Gasteiger partial charge on any atom is -0.508 e. The van der Waals surface area contributed by atoms with Crippen molar-refractivity contribution in [2.75, 3.05) is 6.61 Å². The van der Waals surface area contributed by atoms with Gasteiger partial charge in [0.15, 0.2) is 5.82 Å². The quantitative estimate of drug-likeness (QED) is 0.701. The molecule has 1 heterocycles. The molecule has 8 heteroatoms. The lowest BCUT2D eigenvalue weighted by Crippen LogP contribution is -2.12. The van der Waals surface area contributed by atoms with Gasteiger partial charge in [0, 0.05) is 11.6 Å². The average molecular weight is 355 g/mol. The van der Waals surface area contributed by atoms with E-state index in [4.69, 9.17) is 9.47 Å². The van der Waals surface area contributed by atoms with Gasteiger partial charge in [-0.3, -0.25) is 0 Å². The zero-order valence-electron chi connectivity index (χ0n) is 13.7. The third-order valence-electron chi connectivity index (χ3n) is 3.26. The highest BCUT2D eigenvalue weighted by atomic mass is 19.1. The van der Waals surface area contributed by atoms with Gasteiger partial charge in [-0.05, 0) is 43.3 Å². The molecule has 0 aliphatic carbocycles. The van der Waals surface area contributed by atoms with Gasteiger partial charge in [0.1, 0.15) is 17.3 Å². The van der Waals surface area contributed by atoms with Gasteiger partial charge < -0.3 is 14.6 Å². The number of halogens is 1. The van der Waals surface area contributed by atoms with Gasteiger partial charge in [0.2, 0.25) is 5.69 Å². The van der Waals surface area contributed by atoms with Crippen LogP contribution in [-0.4, -0.2) is 32.9 Å². The van der Waals surface area contributed by atoms with Crippen molar-refractivity contribution in [1.29, 1.82) is 0 Å². The first-order valence-corrected chi connectivity index (χ1v) is 7.71. The number of ether oxygens (including phenoxy) is 2. The molecule has 0 saturated carbocycles. The standard InChI is InChI=1S/C18H14FN3O4/c1-2-25-18(24)15-17(26-14-5-3-4-13(23)10-14)20-16(22-21-15)11-6-8-12(19)9-7-11/h3-10,23H,2H2,1H3. The van der Waals surface area contributed by atoms with Crippen molar-refractivity contribution in [2.24, 2.45) is 0 Å². The van der Waals surface area contributed by atoms with Crippen molar-refractivity contribution in [3.05, 3.63) is 60.0 Å². The third kappa shape index (κ3) is 3.92. The first-order chi connectivity index (χ1) is 12.6. The Hall–Kier alpha value is -3.55. The van der Waals surface area contributed by atoms with Crippen LogP contribution in [0.5, 0.6) is 17.4 Å². The number of benzene rings is 2. The third-order valence-corrected chi connectivity index (χ3v) is 3.26. The second kappa shape index (κ2) is 7.56. The van der Waals surface area contributed by atoms with Gasteiger partial charge in [0.25, 0.3) is 5.88 Å². The number of hydrogen-bond acceptors (Lipinski definition) is 7. The molecular formula is C18H14FN3O4. The first-order valence-electron chi connectivity index (χ1n) is 7.71. The Morgan fingerprint density at radius 1 is 1.15 bits per heavy atom. The molecule has 3 rings (SSSR count). The molecule has 0 fully saturated rings. The molecule has 0 spiro atoms. The molecule has 0 atom stereocenters. The highest BCUT2D eigenvalue weighted by Crippen LogP contribution is 2.27. The molecule has 0 aliphatic rings. The van der Waals surface area contributed by atoms with E-state index in [1.807, 2.05) is 0 Å². The molecule has 1 aromatic heterocycles. The lowest BCUT2D eigenvalue weighted by Gasteiger charge is -2.10. The predicted octanol–water partition coefficient (Wildman–Crippen LogP) is 3.35. The van der Waals surface area contributed by atoms with E-state index in [1.54, 1.807) is 19.1 Å². The fraction of sp³-hybridized carbons (Fsp3) is 0.111. The Kier molecular flexibility index (Phi) is 5.02. The molecule has 0 amide bonds. The Morgan fingerprint density at radius 2 is 1.92 bits per heavy atom. The second-order valence-corrected chi connectivity index (χ2v) is 5.12. The van der Waals surface area contributed by atoms with Gasteiger partial charge in [-0.1, -0.05) is 6.07 Å². The van der Waals surface area contributed by atoms with Crippen LogP contribution in [0.2, 0.25) is 0 Å². The second-order valence-electron chi connectivity index (χ2n) is 5.12. The van der Waals surface area contributed by atoms with Crippen molar-refractivity contribution in [1.82, 2.24) is 15.2 Å². The summed E-state index contributed by atoms with van der Waals surface area (Å²) in [4.78, 5) is 16.3. The summed E-state index contributed by atoms with van der Waals surface area (Å²) in [5, 5.41) is 17.3. The highest BCUT2D eigenvalue weighted by Gasteiger charge is 2.21. The van der Waals surface area contributed by atoms with Crippen molar-refractivity contribution < 1.29 is 23.8 Å². The number of hydrogen-bond donors (Lipinski definition) is 1. The van der Waals surface area contributed by atoms with Gasteiger partial charge in [0.05, 0.1) is 6.61 Å². The molecule has 26 heavy (non-hydrogen) atoms. The fourth-order valence-electron chi connectivity index (χ4n) is 2.09. The number of aromatic hydroxyl groups is 1.